The largest absolute Gasteiger partial charge is 0.493 e. The van der Waals surface area contributed by atoms with E-state index in [0.29, 0.717) is 34.8 Å². The molecule has 0 saturated carbocycles. The smallest absolute Gasteiger partial charge is 0.259 e. The van der Waals surface area contributed by atoms with Crippen LogP contribution in [-0.4, -0.2) is 30.7 Å². The van der Waals surface area contributed by atoms with Gasteiger partial charge in [0.15, 0.2) is 17.3 Å². The molecule has 3 N–H and O–H groups in total. The van der Waals surface area contributed by atoms with E-state index in [4.69, 9.17) is 9.47 Å². The summed E-state index contributed by atoms with van der Waals surface area (Å²) in [6.45, 7) is 3.64. The molecule has 1 aromatic heterocycles. The van der Waals surface area contributed by atoms with Crippen LogP contribution >= 0.6 is 0 Å². The Morgan fingerprint density at radius 1 is 1.26 bits per heavy atom. The standard InChI is InChI=1S/C13H17N3O3/c1-4-14-7-12-15-9-6-11(19-3)10(18-2)5-8(9)13(17)16-12/h5-6,14H,4,7H2,1-3H3,(H,15,16,17)/p+1. The van der Waals surface area contributed by atoms with E-state index in [2.05, 4.69) is 15.3 Å². The number of rotatable bonds is 5. The van der Waals surface area contributed by atoms with Gasteiger partial charge < -0.3 is 19.8 Å². The average molecular weight is 264 g/mol. The number of methoxy groups -OCH3 is 2. The minimum absolute atomic E-state index is 0.162. The molecule has 1 heterocycles. The van der Waals surface area contributed by atoms with Crippen LogP contribution in [0.2, 0.25) is 0 Å². The van der Waals surface area contributed by atoms with Gasteiger partial charge in [0.1, 0.15) is 6.54 Å². The number of fused-ring (bicyclic) bond motifs is 1. The molecule has 0 aliphatic rings. The summed E-state index contributed by atoms with van der Waals surface area (Å²) in [4.78, 5) is 19.2. The number of nitrogens with zero attached hydrogens (tertiary/aromatic N) is 1. The molecule has 2 rings (SSSR count). The molecule has 0 aliphatic heterocycles. The Morgan fingerprint density at radius 2 is 1.95 bits per heavy atom. The molecule has 0 aliphatic carbocycles. The van der Waals surface area contributed by atoms with E-state index in [9.17, 15) is 4.79 Å². The normalized spacial score (nSPS) is 10.7. The minimum atomic E-state index is -0.162. The molecule has 0 saturated heterocycles. The van der Waals surface area contributed by atoms with Crippen molar-refractivity contribution in [3.63, 3.8) is 0 Å². The van der Waals surface area contributed by atoms with E-state index in [-0.39, 0.29) is 5.56 Å². The van der Waals surface area contributed by atoms with Crippen molar-refractivity contribution < 1.29 is 14.8 Å². The number of nitrogens with one attached hydrogen (secondary N) is 1. The molecule has 0 bridgehead atoms. The Bertz CT molecular complexity index is 637. The van der Waals surface area contributed by atoms with E-state index in [1.165, 1.54) is 7.11 Å². The number of aromatic nitrogens is 2. The summed E-state index contributed by atoms with van der Waals surface area (Å²) < 4.78 is 10.4. The van der Waals surface area contributed by atoms with E-state index >= 15 is 0 Å². The summed E-state index contributed by atoms with van der Waals surface area (Å²) >= 11 is 0. The molecule has 0 atom stereocenters. The Balaban J connectivity index is 2.57. The van der Waals surface area contributed by atoms with Crippen LogP contribution in [0.5, 0.6) is 11.5 Å². The van der Waals surface area contributed by atoms with Crippen LogP contribution < -0.4 is 20.3 Å². The number of hydrogen-bond acceptors (Lipinski definition) is 4. The molecular formula is C13H18N3O3+. The van der Waals surface area contributed by atoms with Crippen molar-refractivity contribution in [2.45, 2.75) is 13.5 Å². The zero-order chi connectivity index (χ0) is 13.8. The molecule has 19 heavy (non-hydrogen) atoms. The molecule has 0 unspecified atom stereocenters. The van der Waals surface area contributed by atoms with Gasteiger partial charge in [0.25, 0.3) is 5.56 Å². The molecule has 2 aromatic rings. The van der Waals surface area contributed by atoms with Gasteiger partial charge in [-0.25, -0.2) is 4.98 Å². The van der Waals surface area contributed by atoms with E-state index < -0.39 is 0 Å². The van der Waals surface area contributed by atoms with Crippen LogP contribution in [0.1, 0.15) is 12.7 Å². The van der Waals surface area contributed by atoms with Gasteiger partial charge in [0.05, 0.1) is 31.7 Å². The molecule has 0 radical (unpaired) electrons. The lowest BCUT2D eigenvalue weighted by Gasteiger charge is -2.09. The fourth-order valence-corrected chi connectivity index (χ4v) is 1.89. The Kier molecular flexibility index (Phi) is 4.01. The summed E-state index contributed by atoms with van der Waals surface area (Å²) in [6, 6.07) is 3.37. The maximum absolute atomic E-state index is 12.0. The topological polar surface area (TPSA) is 80.8 Å². The van der Waals surface area contributed by atoms with Crippen molar-refractivity contribution in [3.8, 4) is 11.5 Å². The van der Waals surface area contributed by atoms with Gasteiger partial charge in [-0.05, 0) is 13.0 Å². The summed E-state index contributed by atoms with van der Waals surface area (Å²) in [5, 5.41) is 2.56. The van der Waals surface area contributed by atoms with Gasteiger partial charge >= 0.3 is 0 Å². The van der Waals surface area contributed by atoms with Gasteiger partial charge in [0.2, 0.25) is 0 Å². The molecule has 6 nitrogen and oxygen atoms in total. The van der Waals surface area contributed by atoms with Crippen LogP contribution in [0.15, 0.2) is 16.9 Å². The number of aromatic amines is 1. The number of quaternary nitrogens is 1. The zero-order valence-corrected chi connectivity index (χ0v) is 11.3. The van der Waals surface area contributed by atoms with Crippen molar-refractivity contribution in [1.82, 2.24) is 9.97 Å². The first-order valence-electron chi connectivity index (χ1n) is 6.16. The minimum Gasteiger partial charge on any atom is -0.493 e. The first-order chi connectivity index (χ1) is 9.19. The number of H-pyrrole nitrogens is 1. The van der Waals surface area contributed by atoms with E-state index in [1.54, 1.807) is 19.2 Å². The SMILES string of the molecule is CC[NH2+]Cc1nc2cc(OC)c(OC)cc2c(=O)[nH]1. The van der Waals surface area contributed by atoms with Crippen LogP contribution in [-0.2, 0) is 6.54 Å². The highest BCUT2D eigenvalue weighted by Gasteiger charge is 2.11. The van der Waals surface area contributed by atoms with Gasteiger partial charge in [-0.2, -0.15) is 0 Å². The predicted molar refractivity (Wildman–Crippen MR) is 71.6 cm³/mol. The monoisotopic (exact) mass is 264 g/mol. The number of ether oxygens (including phenoxy) is 2. The van der Waals surface area contributed by atoms with Crippen molar-refractivity contribution in [2.75, 3.05) is 20.8 Å². The second-order valence-corrected chi connectivity index (χ2v) is 4.14. The lowest BCUT2D eigenvalue weighted by Crippen LogP contribution is -2.82. The zero-order valence-electron chi connectivity index (χ0n) is 11.3. The predicted octanol–water partition coefficient (Wildman–Crippen LogP) is 0.0236. The second kappa shape index (κ2) is 5.71. The molecule has 6 heteroatoms. The maximum atomic E-state index is 12.0. The molecule has 0 spiro atoms. The van der Waals surface area contributed by atoms with Gasteiger partial charge in [-0.1, -0.05) is 0 Å². The van der Waals surface area contributed by atoms with Crippen LogP contribution in [0, 0.1) is 0 Å². The molecule has 1 aromatic carbocycles. The van der Waals surface area contributed by atoms with Gasteiger partial charge in [-0.15, -0.1) is 0 Å². The Labute approximate surface area is 110 Å². The second-order valence-electron chi connectivity index (χ2n) is 4.14. The number of nitrogens with two attached hydrogens (primary N) is 1. The summed E-state index contributed by atoms with van der Waals surface area (Å²) in [6.07, 6.45) is 0. The quantitative estimate of drug-likeness (QED) is 0.798. The maximum Gasteiger partial charge on any atom is 0.259 e. The van der Waals surface area contributed by atoms with Crippen molar-refractivity contribution >= 4 is 10.9 Å². The average Bonchev–Trinajstić information content (AvgIpc) is 2.43. The molecule has 0 amide bonds. The first-order valence-corrected chi connectivity index (χ1v) is 6.16. The van der Waals surface area contributed by atoms with Gasteiger partial charge in [-0.3, -0.25) is 4.79 Å². The highest BCUT2D eigenvalue weighted by atomic mass is 16.5. The van der Waals surface area contributed by atoms with Crippen molar-refractivity contribution in [3.05, 3.63) is 28.3 Å². The fraction of sp³-hybridized carbons (Fsp3) is 0.385. The number of hydrogen-bond donors (Lipinski definition) is 2. The van der Waals surface area contributed by atoms with Crippen LogP contribution in [0.4, 0.5) is 0 Å². The summed E-state index contributed by atoms with van der Waals surface area (Å²) in [5.74, 6) is 1.75. The Hall–Kier alpha value is -2.08. The van der Waals surface area contributed by atoms with Gasteiger partial charge in [0, 0.05) is 6.07 Å². The third kappa shape index (κ3) is 2.68. The van der Waals surface area contributed by atoms with Crippen molar-refractivity contribution in [2.24, 2.45) is 0 Å². The first kappa shape index (κ1) is 13.4. The third-order valence-corrected chi connectivity index (χ3v) is 2.89. The molecular weight excluding hydrogens is 246 g/mol. The van der Waals surface area contributed by atoms with E-state index in [1.807, 2.05) is 6.92 Å². The summed E-state index contributed by atoms with van der Waals surface area (Å²) in [5.41, 5.74) is 0.450. The van der Waals surface area contributed by atoms with Crippen LogP contribution in [0.25, 0.3) is 10.9 Å². The fourth-order valence-electron chi connectivity index (χ4n) is 1.89. The third-order valence-electron chi connectivity index (χ3n) is 2.89. The lowest BCUT2D eigenvalue weighted by atomic mass is 10.2. The molecule has 0 fully saturated rings. The van der Waals surface area contributed by atoms with E-state index in [0.717, 1.165) is 6.54 Å². The van der Waals surface area contributed by atoms with Crippen LogP contribution in [0.3, 0.4) is 0 Å². The summed E-state index contributed by atoms with van der Waals surface area (Å²) in [7, 11) is 3.10. The number of benzene rings is 1. The van der Waals surface area contributed by atoms with Crippen molar-refractivity contribution in [1.29, 1.82) is 0 Å². The highest BCUT2D eigenvalue weighted by Crippen LogP contribution is 2.29. The lowest BCUT2D eigenvalue weighted by molar-refractivity contribution is -0.668. The molecule has 102 valence electrons. The highest BCUT2D eigenvalue weighted by molar-refractivity contribution is 5.81. The Morgan fingerprint density at radius 3 is 2.58 bits per heavy atom.